The van der Waals surface area contributed by atoms with Crippen LogP contribution in [0.3, 0.4) is 0 Å². The van der Waals surface area contributed by atoms with Gasteiger partial charge in [0, 0.05) is 12.7 Å². The minimum absolute atomic E-state index is 0.0527. The van der Waals surface area contributed by atoms with Crippen molar-refractivity contribution in [3.05, 3.63) is 24.3 Å². The minimum atomic E-state index is -0.476. The normalized spacial score (nSPS) is 29.2. The first-order chi connectivity index (χ1) is 7.46. The Morgan fingerprint density at radius 1 is 1.19 bits per heavy atom. The van der Waals surface area contributed by atoms with E-state index in [0.29, 0.717) is 10.8 Å². The van der Waals surface area contributed by atoms with Crippen LogP contribution in [0, 0.1) is 5.41 Å². The van der Waals surface area contributed by atoms with Crippen molar-refractivity contribution in [1.82, 2.24) is 0 Å². The van der Waals surface area contributed by atoms with Gasteiger partial charge in [-0.2, -0.15) is 0 Å². The largest absolute Gasteiger partial charge is 0.0904 e. The molecule has 88 valence electrons. The fourth-order valence-corrected chi connectivity index (χ4v) is 11.8. The molecule has 0 fully saturated rings. The molecule has 0 aliphatic carbocycles. The Kier molecular flexibility index (Phi) is 3.66. The molecule has 1 heterocycles. The smallest absolute Gasteiger partial charge is 0.0303 e. The first-order valence-corrected chi connectivity index (χ1v) is 9.68. The van der Waals surface area contributed by atoms with E-state index in [1.807, 2.05) is 0 Å². The van der Waals surface area contributed by atoms with Crippen molar-refractivity contribution >= 4 is 37.0 Å². The van der Waals surface area contributed by atoms with Crippen molar-refractivity contribution < 1.29 is 0 Å². The number of rotatable bonds is 1. The molecule has 0 N–H and O–H groups in total. The van der Waals surface area contributed by atoms with Gasteiger partial charge in [-0.25, -0.2) is 0 Å². The highest BCUT2D eigenvalue weighted by atomic mass is 35.7. The lowest BCUT2D eigenvalue weighted by Crippen LogP contribution is -2.21. The van der Waals surface area contributed by atoms with E-state index in [1.54, 1.807) is 5.30 Å². The fraction of sp³-hybridized carbons (Fsp3) is 0.538. The van der Waals surface area contributed by atoms with Crippen molar-refractivity contribution in [2.45, 2.75) is 33.1 Å². The van der Waals surface area contributed by atoms with Gasteiger partial charge in [0.1, 0.15) is 0 Å². The third-order valence-corrected chi connectivity index (χ3v) is 11.4. The predicted octanol–water partition coefficient (Wildman–Crippen LogP) is 4.46. The summed E-state index contributed by atoms with van der Waals surface area (Å²) in [4.78, 5) is 0. The molecule has 0 radical (unpaired) electrons. The van der Waals surface area contributed by atoms with Crippen molar-refractivity contribution in [2.24, 2.45) is 5.41 Å². The predicted molar refractivity (Wildman–Crippen MR) is 79.2 cm³/mol. The molecule has 1 aromatic rings. The highest BCUT2D eigenvalue weighted by Crippen LogP contribution is 2.69. The summed E-state index contributed by atoms with van der Waals surface area (Å²) < 4.78 is 0. The molecule has 1 aliphatic rings. The van der Waals surface area contributed by atoms with Crippen LogP contribution in [0.2, 0.25) is 0 Å². The molecule has 2 rings (SSSR count). The van der Waals surface area contributed by atoms with Gasteiger partial charge in [-0.05, 0) is 22.2 Å². The van der Waals surface area contributed by atoms with Crippen LogP contribution in [0.15, 0.2) is 24.3 Å². The highest BCUT2D eigenvalue weighted by Gasteiger charge is 2.44. The first-order valence-electron chi connectivity index (χ1n) is 5.77. The molecule has 3 atom stereocenters. The molecule has 1 aromatic carbocycles. The quantitative estimate of drug-likeness (QED) is 0.662. The van der Waals surface area contributed by atoms with Gasteiger partial charge in [0.15, 0.2) is 0 Å². The average Bonchev–Trinajstić information content (AvgIpc) is 2.51. The lowest BCUT2D eigenvalue weighted by molar-refractivity contribution is 0.455. The lowest BCUT2D eigenvalue weighted by atomic mass is 10.00. The third-order valence-electron chi connectivity index (χ3n) is 3.05. The van der Waals surface area contributed by atoms with Gasteiger partial charge in [0.2, 0.25) is 0 Å². The molecule has 3 unspecified atom stereocenters. The van der Waals surface area contributed by atoms with Crippen LogP contribution in [0.1, 0.15) is 27.7 Å². The summed E-state index contributed by atoms with van der Waals surface area (Å²) in [6.45, 7) is 9.33. The molecule has 0 aromatic heterocycles. The zero-order chi connectivity index (χ0) is 11.9. The van der Waals surface area contributed by atoms with Crippen LogP contribution >= 0.6 is 26.4 Å². The van der Waals surface area contributed by atoms with Crippen LogP contribution in [0.25, 0.3) is 0 Å². The van der Waals surface area contributed by atoms with E-state index in [4.69, 9.17) is 11.2 Å². The second-order valence-corrected chi connectivity index (χ2v) is 11.0. The molecular formula is C13H19ClP2. The maximum atomic E-state index is 6.75. The zero-order valence-corrected chi connectivity index (χ0v) is 12.9. The lowest BCUT2D eigenvalue weighted by Gasteiger charge is -2.34. The number of fused-ring (bicyclic) bond motifs is 1. The number of halogens is 1. The SMILES string of the molecule is CCP1c2ccccc2P(Cl)C1C(C)(C)C. The molecule has 0 amide bonds. The summed E-state index contributed by atoms with van der Waals surface area (Å²) in [7, 11) is -0.529. The maximum Gasteiger partial charge on any atom is 0.0303 e. The van der Waals surface area contributed by atoms with Crippen LogP contribution < -0.4 is 10.6 Å². The van der Waals surface area contributed by atoms with Crippen molar-refractivity contribution in [3.8, 4) is 0 Å². The second-order valence-electron chi connectivity index (χ2n) is 5.33. The Bertz CT molecular complexity index is 384. The Hall–Kier alpha value is 0.370. The van der Waals surface area contributed by atoms with Crippen LogP contribution in [0.5, 0.6) is 0 Å². The van der Waals surface area contributed by atoms with E-state index in [2.05, 4.69) is 52.0 Å². The minimum Gasteiger partial charge on any atom is -0.0904 e. The van der Waals surface area contributed by atoms with Gasteiger partial charge in [0.05, 0.1) is 0 Å². The van der Waals surface area contributed by atoms with Gasteiger partial charge >= 0.3 is 0 Å². The molecule has 0 spiro atoms. The standard InChI is InChI=1S/C13H19ClP2/c1-5-15-10-8-6-7-9-11(10)16(14)12(15)13(2,3)4/h6-9,12H,5H2,1-4H3. The zero-order valence-electron chi connectivity index (χ0n) is 10.4. The monoisotopic (exact) mass is 272 g/mol. The van der Waals surface area contributed by atoms with Crippen molar-refractivity contribution in [1.29, 1.82) is 0 Å². The third kappa shape index (κ3) is 2.05. The van der Waals surface area contributed by atoms with Crippen molar-refractivity contribution in [2.75, 3.05) is 6.16 Å². The molecule has 0 bridgehead atoms. The molecule has 0 nitrogen and oxygen atoms in total. The Morgan fingerprint density at radius 3 is 2.25 bits per heavy atom. The van der Waals surface area contributed by atoms with Gasteiger partial charge in [0.25, 0.3) is 0 Å². The van der Waals surface area contributed by atoms with E-state index < -0.39 is 7.27 Å². The van der Waals surface area contributed by atoms with E-state index in [1.165, 1.54) is 11.5 Å². The molecular weight excluding hydrogens is 254 g/mol. The average molecular weight is 273 g/mol. The summed E-state index contributed by atoms with van der Waals surface area (Å²) >= 11 is 6.75. The Labute approximate surface area is 106 Å². The van der Waals surface area contributed by atoms with E-state index in [-0.39, 0.29) is 7.92 Å². The molecule has 0 saturated carbocycles. The summed E-state index contributed by atoms with van der Waals surface area (Å²) in [5, 5.41) is 3.70. The molecule has 0 saturated heterocycles. The highest BCUT2D eigenvalue weighted by molar-refractivity contribution is 8.01. The summed E-state index contributed by atoms with van der Waals surface area (Å²) in [5.41, 5.74) is 0.328. The van der Waals surface area contributed by atoms with Crippen LogP contribution in [0.4, 0.5) is 0 Å². The van der Waals surface area contributed by atoms with Gasteiger partial charge in [-0.3, -0.25) is 0 Å². The van der Waals surface area contributed by atoms with Gasteiger partial charge in [-0.1, -0.05) is 71.1 Å². The number of hydrogen-bond donors (Lipinski definition) is 0. The van der Waals surface area contributed by atoms with Crippen LogP contribution in [-0.4, -0.2) is 11.6 Å². The fourth-order valence-electron chi connectivity index (χ4n) is 2.42. The van der Waals surface area contributed by atoms with E-state index in [9.17, 15) is 0 Å². The Balaban J connectivity index is 2.47. The van der Waals surface area contributed by atoms with Gasteiger partial charge < -0.3 is 0 Å². The topological polar surface area (TPSA) is 0 Å². The summed E-state index contributed by atoms with van der Waals surface area (Å²) in [6.07, 6.45) is 1.26. The number of hydrogen-bond acceptors (Lipinski definition) is 0. The number of benzene rings is 1. The molecule has 1 aliphatic heterocycles. The summed E-state index contributed by atoms with van der Waals surface area (Å²) in [6, 6.07) is 8.83. The molecule has 3 heteroatoms. The summed E-state index contributed by atoms with van der Waals surface area (Å²) in [5.74, 6) is 0. The van der Waals surface area contributed by atoms with E-state index in [0.717, 1.165) is 0 Å². The molecule has 16 heavy (non-hydrogen) atoms. The first kappa shape index (κ1) is 12.8. The van der Waals surface area contributed by atoms with Gasteiger partial charge in [-0.15, -0.1) is 0 Å². The maximum absolute atomic E-state index is 6.75. The van der Waals surface area contributed by atoms with Crippen molar-refractivity contribution in [3.63, 3.8) is 0 Å². The van der Waals surface area contributed by atoms with Crippen LogP contribution in [-0.2, 0) is 0 Å². The Morgan fingerprint density at radius 2 is 1.75 bits per heavy atom. The van der Waals surface area contributed by atoms with E-state index >= 15 is 0 Å². The second kappa shape index (κ2) is 4.56.